The molecule has 14 N–H and O–H groups in total. The highest BCUT2D eigenvalue weighted by Crippen LogP contribution is 2.24. The minimum Gasteiger partial charge on any atom is -0.508 e. The van der Waals surface area contributed by atoms with Crippen LogP contribution in [0, 0.1) is 11.8 Å². The van der Waals surface area contributed by atoms with Crippen LogP contribution in [0.3, 0.4) is 0 Å². The molecule has 1 aliphatic heterocycles. The molecule has 7 atom stereocenters. The zero-order chi connectivity index (χ0) is 53.5. The van der Waals surface area contributed by atoms with Gasteiger partial charge in [-0.15, -0.1) is 11.3 Å². The Morgan fingerprint density at radius 3 is 2.08 bits per heavy atom. The van der Waals surface area contributed by atoms with Crippen LogP contribution in [-0.2, 0) is 65.6 Å². The number of carbonyl (C=O) groups excluding carboxylic acids is 11. The van der Waals surface area contributed by atoms with Gasteiger partial charge in [-0.2, -0.15) is 0 Å². The number of nitrogens with zero attached hydrogens (tertiary/aromatic N) is 1. The molecule has 1 fully saturated rings. The molecule has 23 nitrogen and oxygen atoms in total. The molecule has 396 valence electrons. The van der Waals surface area contributed by atoms with Gasteiger partial charge in [-0.1, -0.05) is 73.9 Å². The first-order valence-electron chi connectivity index (χ1n) is 23.3. The van der Waals surface area contributed by atoms with Crippen LogP contribution in [0.4, 0.5) is 0 Å². The predicted octanol–water partition coefficient (Wildman–Crippen LogP) is -1.40. The molecule has 0 radical (unpaired) electrons. The average molecular weight is 1060 g/mol. The molecule has 0 unspecified atom stereocenters. The Balaban J connectivity index is 2.08. The van der Waals surface area contributed by atoms with E-state index in [0.29, 0.717) is 12.0 Å². The third kappa shape index (κ3) is 21.5. The van der Waals surface area contributed by atoms with Gasteiger partial charge in [-0.05, 0) is 60.2 Å². The molecular weight excluding hydrogens is 995 g/mol. The number of rotatable bonds is 21. The smallest absolute Gasteiger partial charge is 0.246 e. The van der Waals surface area contributed by atoms with Gasteiger partial charge in [-0.25, -0.2) is 0 Å². The molecule has 26 heteroatoms. The van der Waals surface area contributed by atoms with E-state index < -0.39 is 133 Å². The highest BCUT2D eigenvalue weighted by atomic mass is 33.1. The Labute approximate surface area is 429 Å². The molecule has 2 heterocycles. The second-order valence-electron chi connectivity index (χ2n) is 17.6. The first kappa shape index (κ1) is 59.9. The van der Waals surface area contributed by atoms with Crippen molar-refractivity contribution in [2.45, 2.75) is 115 Å². The van der Waals surface area contributed by atoms with Gasteiger partial charge in [0, 0.05) is 42.2 Å². The predicted molar refractivity (Wildman–Crippen MR) is 271 cm³/mol. The van der Waals surface area contributed by atoms with Crippen molar-refractivity contribution in [3.63, 3.8) is 0 Å². The van der Waals surface area contributed by atoms with Crippen LogP contribution in [0.2, 0.25) is 0 Å². The van der Waals surface area contributed by atoms with Crippen molar-refractivity contribution in [1.82, 2.24) is 42.1 Å². The Hall–Kier alpha value is -6.41. The van der Waals surface area contributed by atoms with Crippen LogP contribution in [-0.4, -0.2) is 142 Å². The molecule has 72 heavy (non-hydrogen) atoms. The number of phenols is 1. The summed E-state index contributed by atoms with van der Waals surface area (Å²) >= 11 is 1.40. The number of phenolic OH excluding ortho intramolecular Hbond substituents is 1. The number of primary amides is 3. The SMILES string of the molecule is CC[C@H](C)[C@@H]1NC(=O)[C@H](Cc2ccc(O)cc2)NC(=O)CCSSC[C@@H](C(=O)N(CCc2cccs2)CC(=O)N[C@@H](CC(C)C)C(=O)NCC(N)=O)NC(=O)[C@H](CC(N)=O)NC(=O)[C@H](CCC(N)=O)NC1=O. The Kier molecular flexibility index (Phi) is 25.3. The first-order chi connectivity index (χ1) is 34.1. The van der Waals surface area contributed by atoms with E-state index in [2.05, 4.69) is 37.2 Å². The van der Waals surface area contributed by atoms with Gasteiger partial charge in [0.2, 0.25) is 65.0 Å². The Bertz CT molecular complexity index is 2220. The van der Waals surface area contributed by atoms with E-state index in [4.69, 9.17) is 17.2 Å². The number of aromatic hydroxyl groups is 1. The lowest BCUT2D eigenvalue weighted by Gasteiger charge is -2.30. The summed E-state index contributed by atoms with van der Waals surface area (Å²) in [5.41, 5.74) is 16.7. The summed E-state index contributed by atoms with van der Waals surface area (Å²) in [5, 5.41) is 29.7. The fraction of sp³-hybridized carbons (Fsp3) is 0.543. The Morgan fingerprint density at radius 2 is 1.47 bits per heavy atom. The summed E-state index contributed by atoms with van der Waals surface area (Å²) in [6, 6.07) is 1.12. The highest BCUT2D eigenvalue weighted by molar-refractivity contribution is 8.76. The van der Waals surface area contributed by atoms with Crippen LogP contribution >= 0.6 is 32.9 Å². The number of benzene rings is 1. The third-order valence-electron chi connectivity index (χ3n) is 11.2. The number of hydrogen-bond donors (Lipinski definition) is 11. The topological polar surface area (TPSA) is 374 Å². The minimum atomic E-state index is -1.76. The number of carbonyl (C=O) groups is 11. The third-order valence-corrected chi connectivity index (χ3v) is 14.5. The lowest BCUT2D eigenvalue weighted by molar-refractivity contribution is -0.140. The van der Waals surface area contributed by atoms with E-state index in [-0.39, 0.29) is 61.8 Å². The van der Waals surface area contributed by atoms with E-state index in [1.807, 2.05) is 25.3 Å². The van der Waals surface area contributed by atoms with Crippen molar-refractivity contribution in [2.24, 2.45) is 29.0 Å². The lowest BCUT2D eigenvalue weighted by Crippen LogP contribution is -2.61. The number of nitrogens with two attached hydrogens (primary N) is 3. The minimum absolute atomic E-state index is 0.0293. The van der Waals surface area contributed by atoms with Crippen molar-refractivity contribution < 1.29 is 57.8 Å². The number of thiophene rings is 1. The van der Waals surface area contributed by atoms with Gasteiger partial charge in [0.25, 0.3) is 0 Å². The molecule has 3 rings (SSSR count). The van der Waals surface area contributed by atoms with Gasteiger partial charge in [0.1, 0.15) is 42.0 Å². The maximum atomic E-state index is 14.7. The van der Waals surface area contributed by atoms with Gasteiger partial charge < -0.3 is 64.4 Å². The molecule has 0 spiro atoms. The summed E-state index contributed by atoms with van der Waals surface area (Å²) in [5.74, 6) is -9.93. The molecule has 1 aliphatic rings. The number of hydrogen-bond acceptors (Lipinski definition) is 15. The van der Waals surface area contributed by atoms with Crippen molar-refractivity contribution in [3.05, 3.63) is 52.2 Å². The molecule has 0 bridgehead atoms. The zero-order valence-electron chi connectivity index (χ0n) is 40.7. The number of nitrogens with one attached hydrogen (secondary N) is 7. The average Bonchev–Trinajstić information content (AvgIpc) is 3.84. The molecule has 2 aromatic rings. The molecule has 0 aliphatic carbocycles. The van der Waals surface area contributed by atoms with E-state index in [0.717, 1.165) is 26.5 Å². The maximum Gasteiger partial charge on any atom is 0.246 e. The van der Waals surface area contributed by atoms with Gasteiger partial charge >= 0.3 is 0 Å². The maximum absolute atomic E-state index is 14.7. The highest BCUT2D eigenvalue weighted by Gasteiger charge is 2.36. The van der Waals surface area contributed by atoms with Crippen molar-refractivity contribution in [2.75, 3.05) is 31.1 Å². The van der Waals surface area contributed by atoms with E-state index in [9.17, 15) is 57.8 Å². The van der Waals surface area contributed by atoms with Gasteiger partial charge in [0.15, 0.2) is 0 Å². The van der Waals surface area contributed by atoms with Crippen LogP contribution in [0.1, 0.15) is 76.7 Å². The van der Waals surface area contributed by atoms with Crippen LogP contribution in [0.5, 0.6) is 5.75 Å². The van der Waals surface area contributed by atoms with Gasteiger partial charge in [-0.3, -0.25) is 52.7 Å². The summed E-state index contributed by atoms with van der Waals surface area (Å²) in [6.45, 7) is 5.91. The quantitative estimate of drug-likeness (QED) is 0.0641. The molecule has 11 amide bonds. The van der Waals surface area contributed by atoms with Crippen molar-refractivity contribution in [3.8, 4) is 5.75 Å². The first-order valence-corrected chi connectivity index (χ1v) is 26.7. The summed E-state index contributed by atoms with van der Waals surface area (Å²) in [7, 11) is 2.21. The summed E-state index contributed by atoms with van der Waals surface area (Å²) < 4.78 is 0. The standard InChI is InChI=1S/C46H67N11O12S3/c1-5-26(4)40-45(68)53-30(12-13-35(47)59)42(65)54-33(21-36(48)60)43(66)55-34(24-72-71-18-15-38(62)51-32(44(67)56-40)20-27-8-10-28(58)11-9-27)46(69)57(16-14-29-7-6-17-70-29)23-39(63)52-31(19-25(2)3)41(64)50-22-37(49)61/h6-11,17,25-26,30-34,40,58H,5,12-16,18-24H2,1-4H3,(H2,47,59)(H2,48,60)(H2,49,61)(H,50,64)(H,51,62)(H,52,63)(H,53,68)(H,54,65)(H,55,66)(H,56,67)/t26-,30-,31-,32-,33-,34-,40-/m0/s1. The van der Waals surface area contributed by atoms with E-state index in [1.54, 1.807) is 32.0 Å². The second kappa shape index (κ2) is 30.5. The Morgan fingerprint density at radius 1 is 0.806 bits per heavy atom. The molecule has 0 saturated carbocycles. The van der Waals surface area contributed by atoms with Crippen molar-refractivity contribution in [1.29, 1.82) is 0 Å². The van der Waals surface area contributed by atoms with E-state index in [1.165, 1.54) is 28.4 Å². The molecular formula is C46H67N11O12S3. The fourth-order valence-corrected chi connectivity index (χ4v) is 10.0. The summed E-state index contributed by atoms with van der Waals surface area (Å²) in [4.78, 5) is 149. The number of amides is 11. The zero-order valence-corrected chi connectivity index (χ0v) is 43.1. The largest absolute Gasteiger partial charge is 0.508 e. The molecule has 1 aromatic heterocycles. The van der Waals surface area contributed by atoms with Crippen LogP contribution in [0.15, 0.2) is 41.8 Å². The molecule has 1 saturated heterocycles. The lowest BCUT2D eigenvalue weighted by atomic mass is 9.96. The fourth-order valence-electron chi connectivity index (χ4n) is 7.16. The van der Waals surface area contributed by atoms with Crippen molar-refractivity contribution >= 4 is 97.9 Å². The van der Waals surface area contributed by atoms with Crippen LogP contribution in [0.25, 0.3) is 0 Å². The second-order valence-corrected chi connectivity index (χ2v) is 21.3. The monoisotopic (exact) mass is 1060 g/mol. The van der Waals surface area contributed by atoms with Gasteiger partial charge in [0.05, 0.1) is 19.5 Å². The normalized spacial score (nSPS) is 20.5. The van der Waals surface area contributed by atoms with Crippen LogP contribution < -0.4 is 54.4 Å². The van der Waals surface area contributed by atoms with E-state index >= 15 is 0 Å². The molecule has 1 aromatic carbocycles. The summed E-state index contributed by atoms with van der Waals surface area (Å²) in [6.07, 6.45) is -1.01.